The first-order valence-corrected chi connectivity index (χ1v) is 9.69. The van der Waals surface area contributed by atoms with Crippen LogP contribution in [0.2, 0.25) is 0 Å². The lowest BCUT2D eigenvalue weighted by Crippen LogP contribution is -2.48. The second-order valence-electron chi connectivity index (χ2n) is 6.30. The quantitative estimate of drug-likeness (QED) is 0.698. The summed E-state index contributed by atoms with van der Waals surface area (Å²) in [6, 6.07) is 2.71. The summed E-state index contributed by atoms with van der Waals surface area (Å²) in [7, 11) is 8.39. The average molecular weight is 397 g/mol. The van der Waals surface area contributed by atoms with Crippen LogP contribution in [0.3, 0.4) is 0 Å². The molecule has 1 aliphatic heterocycles. The van der Waals surface area contributed by atoms with Gasteiger partial charge < -0.3 is 29.3 Å². The highest BCUT2D eigenvalue weighted by Gasteiger charge is 2.35. The van der Waals surface area contributed by atoms with Gasteiger partial charge in [-0.2, -0.15) is 0 Å². The summed E-state index contributed by atoms with van der Waals surface area (Å²) in [5.74, 6) is 1.88. The first-order chi connectivity index (χ1) is 12.9. The molecule has 1 aromatic carbocycles. The molecule has 150 valence electrons. The molecule has 8 nitrogen and oxygen atoms in total. The third-order valence-electron chi connectivity index (χ3n) is 4.22. The Morgan fingerprint density at radius 3 is 2.33 bits per heavy atom. The van der Waals surface area contributed by atoms with E-state index >= 15 is 0 Å². The number of nitrogens with one attached hydrogen (secondary N) is 1. The smallest absolute Gasteiger partial charge is 0.255 e. The van der Waals surface area contributed by atoms with Gasteiger partial charge >= 0.3 is 0 Å². The summed E-state index contributed by atoms with van der Waals surface area (Å²) in [6.07, 6.45) is 0. The minimum absolute atomic E-state index is 0.136. The zero-order valence-corrected chi connectivity index (χ0v) is 17.2. The molecule has 0 aromatic heterocycles. The third kappa shape index (κ3) is 4.98. The highest BCUT2D eigenvalue weighted by Crippen LogP contribution is 2.39. The number of methoxy groups -OCH3 is 3. The van der Waals surface area contributed by atoms with E-state index < -0.39 is 6.04 Å². The number of hydrogen-bond acceptors (Lipinski definition) is 7. The fourth-order valence-corrected chi connectivity index (χ4v) is 3.90. The second kappa shape index (κ2) is 9.70. The number of benzene rings is 1. The standard InChI is InChI=1S/C18H27N3O5S/c1-20(2)7-6-19-17(22)13-10-27-11-21(13)18(23)12-8-14(24-3)16(26-5)15(9-12)25-4/h8-9,13H,6-7,10-11H2,1-5H3,(H,19,22). The van der Waals surface area contributed by atoms with Gasteiger partial charge in [-0.15, -0.1) is 11.8 Å². The summed E-state index contributed by atoms with van der Waals surface area (Å²) < 4.78 is 15.9. The molecule has 0 radical (unpaired) electrons. The molecule has 27 heavy (non-hydrogen) atoms. The van der Waals surface area contributed by atoms with Crippen molar-refractivity contribution in [2.24, 2.45) is 0 Å². The molecule has 1 aliphatic rings. The average Bonchev–Trinajstić information content (AvgIpc) is 3.15. The number of hydrogen-bond donors (Lipinski definition) is 1. The maximum atomic E-state index is 13.1. The number of thioether (sulfide) groups is 1. The molecule has 1 unspecified atom stereocenters. The lowest BCUT2D eigenvalue weighted by molar-refractivity contribution is -0.124. The van der Waals surface area contributed by atoms with Crippen molar-refractivity contribution in [2.75, 3.05) is 60.1 Å². The van der Waals surface area contributed by atoms with Crippen LogP contribution in [0.5, 0.6) is 17.2 Å². The largest absolute Gasteiger partial charge is 0.493 e. The van der Waals surface area contributed by atoms with Crippen molar-refractivity contribution in [1.82, 2.24) is 15.1 Å². The molecule has 9 heteroatoms. The molecule has 1 aromatic rings. The van der Waals surface area contributed by atoms with Gasteiger partial charge in [0.25, 0.3) is 5.91 Å². The monoisotopic (exact) mass is 397 g/mol. The molecule has 0 bridgehead atoms. The molecule has 1 N–H and O–H groups in total. The molecule has 2 amide bonds. The topological polar surface area (TPSA) is 80.3 Å². The maximum absolute atomic E-state index is 13.1. The van der Waals surface area contributed by atoms with Gasteiger partial charge in [0, 0.05) is 24.4 Å². The summed E-state index contributed by atoms with van der Waals surface area (Å²) in [5, 5.41) is 2.90. The third-order valence-corrected chi connectivity index (χ3v) is 5.23. The zero-order chi connectivity index (χ0) is 20.0. The number of carbonyl (C=O) groups excluding carboxylic acids is 2. The molecule has 2 rings (SSSR count). The van der Waals surface area contributed by atoms with E-state index in [1.165, 1.54) is 21.3 Å². The number of rotatable bonds is 8. The minimum atomic E-state index is -0.497. The van der Waals surface area contributed by atoms with Crippen molar-refractivity contribution in [1.29, 1.82) is 0 Å². The van der Waals surface area contributed by atoms with Gasteiger partial charge in [0.1, 0.15) is 6.04 Å². The van der Waals surface area contributed by atoms with E-state index in [0.29, 0.717) is 41.0 Å². The van der Waals surface area contributed by atoms with Crippen LogP contribution in [-0.4, -0.2) is 87.8 Å². The maximum Gasteiger partial charge on any atom is 0.255 e. The van der Waals surface area contributed by atoms with Crippen LogP contribution in [0.1, 0.15) is 10.4 Å². The number of nitrogens with zero attached hydrogens (tertiary/aromatic N) is 2. The van der Waals surface area contributed by atoms with Crippen molar-refractivity contribution in [2.45, 2.75) is 6.04 Å². The number of amides is 2. The van der Waals surface area contributed by atoms with E-state index in [1.807, 2.05) is 19.0 Å². The Bertz CT molecular complexity index is 658. The molecular formula is C18H27N3O5S. The Kier molecular flexibility index (Phi) is 7.61. The van der Waals surface area contributed by atoms with Crippen LogP contribution in [-0.2, 0) is 4.79 Å². The zero-order valence-electron chi connectivity index (χ0n) is 16.4. The lowest BCUT2D eigenvalue weighted by atomic mass is 10.1. The van der Waals surface area contributed by atoms with E-state index in [-0.39, 0.29) is 11.8 Å². The van der Waals surface area contributed by atoms with Crippen molar-refractivity contribution in [3.63, 3.8) is 0 Å². The van der Waals surface area contributed by atoms with Gasteiger partial charge in [-0.1, -0.05) is 0 Å². The van der Waals surface area contributed by atoms with Gasteiger partial charge in [-0.05, 0) is 26.2 Å². The van der Waals surface area contributed by atoms with E-state index in [0.717, 1.165) is 6.54 Å². The molecule has 1 saturated heterocycles. The molecule has 1 fully saturated rings. The Hall–Kier alpha value is -2.13. The Labute approximate surface area is 164 Å². The van der Waals surface area contributed by atoms with Crippen LogP contribution in [0.4, 0.5) is 0 Å². The lowest BCUT2D eigenvalue weighted by Gasteiger charge is -2.24. The number of ether oxygens (including phenoxy) is 3. The summed E-state index contributed by atoms with van der Waals surface area (Å²) >= 11 is 1.56. The molecule has 0 saturated carbocycles. The summed E-state index contributed by atoms with van der Waals surface area (Å²) in [4.78, 5) is 29.1. The van der Waals surface area contributed by atoms with Gasteiger partial charge in [-0.25, -0.2) is 0 Å². The molecule has 1 heterocycles. The Morgan fingerprint density at radius 1 is 1.19 bits per heavy atom. The van der Waals surface area contributed by atoms with Crippen molar-refractivity contribution in [3.8, 4) is 17.2 Å². The first-order valence-electron chi connectivity index (χ1n) is 8.54. The van der Waals surface area contributed by atoms with Gasteiger partial charge in [0.15, 0.2) is 11.5 Å². The Morgan fingerprint density at radius 2 is 1.81 bits per heavy atom. The van der Waals surface area contributed by atoms with Crippen molar-refractivity contribution >= 4 is 23.6 Å². The van der Waals surface area contributed by atoms with Crippen LogP contribution in [0.25, 0.3) is 0 Å². The van der Waals surface area contributed by atoms with Crippen molar-refractivity contribution in [3.05, 3.63) is 17.7 Å². The highest BCUT2D eigenvalue weighted by atomic mass is 32.2. The highest BCUT2D eigenvalue weighted by molar-refractivity contribution is 7.99. The predicted octanol–water partition coefficient (Wildman–Crippen LogP) is 0.905. The Balaban J connectivity index is 2.19. The van der Waals surface area contributed by atoms with Crippen LogP contribution < -0.4 is 19.5 Å². The first kappa shape index (κ1) is 21.2. The summed E-state index contributed by atoms with van der Waals surface area (Å²) in [5.41, 5.74) is 0.387. The van der Waals surface area contributed by atoms with Crippen molar-refractivity contribution < 1.29 is 23.8 Å². The fraction of sp³-hybridized carbons (Fsp3) is 0.556. The molecular weight excluding hydrogens is 370 g/mol. The van der Waals surface area contributed by atoms with E-state index in [4.69, 9.17) is 14.2 Å². The number of likely N-dealkylation sites (N-methyl/N-ethyl adjacent to an activating group) is 1. The summed E-state index contributed by atoms with van der Waals surface area (Å²) in [6.45, 7) is 1.28. The molecule has 0 aliphatic carbocycles. The number of carbonyl (C=O) groups is 2. The van der Waals surface area contributed by atoms with Gasteiger partial charge in [-0.3, -0.25) is 9.59 Å². The van der Waals surface area contributed by atoms with Gasteiger partial charge in [0.05, 0.1) is 27.2 Å². The molecule has 0 spiro atoms. The van der Waals surface area contributed by atoms with E-state index in [9.17, 15) is 9.59 Å². The normalized spacial score (nSPS) is 16.4. The minimum Gasteiger partial charge on any atom is -0.493 e. The van der Waals surface area contributed by atoms with Gasteiger partial charge in [0.2, 0.25) is 11.7 Å². The predicted molar refractivity (Wildman–Crippen MR) is 105 cm³/mol. The SMILES string of the molecule is COc1cc(C(=O)N2CSCC2C(=O)NCCN(C)C)cc(OC)c1OC. The van der Waals surface area contributed by atoms with Crippen LogP contribution in [0, 0.1) is 0 Å². The van der Waals surface area contributed by atoms with Crippen LogP contribution in [0.15, 0.2) is 12.1 Å². The molecule has 1 atom stereocenters. The van der Waals surface area contributed by atoms with E-state index in [1.54, 1.807) is 28.8 Å². The van der Waals surface area contributed by atoms with E-state index in [2.05, 4.69) is 5.32 Å². The fourth-order valence-electron chi connectivity index (χ4n) is 2.75. The second-order valence-corrected chi connectivity index (χ2v) is 7.30. The van der Waals surface area contributed by atoms with Crippen LogP contribution >= 0.6 is 11.8 Å².